The molecule has 0 radical (unpaired) electrons. The number of benzene rings is 2. The van der Waals surface area contributed by atoms with Gasteiger partial charge in [-0.15, -0.1) is 0 Å². The first-order valence-electron chi connectivity index (χ1n) is 7.95. The van der Waals surface area contributed by atoms with Crippen LogP contribution in [0.5, 0.6) is 17.2 Å². The van der Waals surface area contributed by atoms with Gasteiger partial charge >= 0.3 is 0 Å². The van der Waals surface area contributed by atoms with Crippen LogP contribution < -0.4 is 19.5 Å². The predicted octanol–water partition coefficient (Wildman–Crippen LogP) is 2.59. The number of rotatable bonds is 6. The summed E-state index contributed by atoms with van der Waals surface area (Å²) in [6, 6.07) is 11.0. The Bertz CT molecular complexity index is 918. The van der Waals surface area contributed by atoms with Gasteiger partial charge in [0.1, 0.15) is 5.69 Å². The molecule has 2 aromatic carbocycles. The number of nitrogens with one attached hydrogen (secondary N) is 1. The summed E-state index contributed by atoms with van der Waals surface area (Å²) in [5.74, 6) is 1.26. The molecule has 0 fully saturated rings. The number of hydrogen-bond acceptors (Lipinski definition) is 6. The zero-order chi connectivity index (χ0) is 18.5. The molecule has 0 saturated carbocycles. The summed E-state index contributed by atoms with van der Waals surface area (Å²) < 4.78 is 15.9. The van der Waals surface area contributed by atoms with E-state index in [1.54, 1.807) is 33.5 Å². The number of fused-ring (bicyclic) bond motifs is 1. The molecule has 0 unspecified atom stereocenters. The SMILES string of the molecule is COc1cc(CNC(=O)c2cnc3ccccc3n2)cc(OC)c1OC. The number of hydrogen-bond donors (Lipinski definition) is 1. The van der Waals surface area contributed by atoms with Crippen molar-refractivity contribution >= 4 is 16.9 Å². The summed E-state index contributed by atoms with van der Waals surface area (Å²) in [6.07, 6.45) is 1.47. The smallest absolute Gasteiger partial charge is 0.271 e. The van der Waals surface area contributed by atoms with Crippen molar-refractivity contribution in [3.05, 3.63) is 53.9 Å². The zero-order valence-electron chi connectivity index (χ0n) is 14.8. The minimum absolute atomic E-state index is 0.260. The largest absolute Gasteiger partial charge is 0.493 e. The molecule has 3 aromatic rings. The van der Waals surface area contributed by atoms with Gasteiger partial charge in [-0.1, -0.05) is 12.1 Å². The Labute approximate surface area is 150 Å². The monoisotopic (exact) mass is 353 g/mol. The van der Waals surface area contributed by atoms with Crippen LogP contribution in [0.4, 0.5) is 0 Å². The summed E-state index contributed by atoms with van der Waals surface area (Å²) in [5, 5.41) is 2.83. The van der Waals surface area contributed by atoms with E-state index < -0.39 is 0 Å². The maximum absolute atomic E-state index is 12.4. The Balaban J connectivity index is 1.78. The van der Waals surface area contributed by atoms with Crippen molar-refractivity contribution in [2.24, 2.45) is 0 Å². The van der Waals surface area contributed by atoms with Crippen molar-refractivity contribution < 1.29 is 19.0 Å². The average molecular weight is 353 g/mol. The summed E-state index contributed by atoms with van der Waals surface area (Å²) in [7, 11) is 4.63. The van der Waals surface area contributed by atoms with Crippen LogP contribution in [0.15, 0.2) is 42.6 Å². The Morgan fingerprint density at radius 2 is 1.65 bits per heavy atom. The lowest BCUT2D eigenvalue weighted by Crippen LogP contribution is -2.24. The van der Waals surface area contributed by atoms with Crippen molar-refractivity contribution in [2.75, 3.05) is 21.3 Å². The van der Waals surface area contributed by atoms with Gasteiger partial charge in [0.25, 0.3) is 5.91 Å². The molecular weight excluding hydrogens is 334 g/mol. The fourth-order valence-electron chi connectivity index (χ4n) is 2.58. The van der Waals surface area contributed by atoms with Crippen LogP contribution in [0, 0.1) is 0 Å². The Morgan fingerprint density at radius 3 is 2.27 bits per heavy atom. The maximum atomic E-state index is 12.4. The molecule has 1 amide bonds. The Kier molecular flexibility index (Phi) is 5.17. The third kappa shape index (κ3) is 3.51. The van der Waals surface area contributed by atoms with Crippen molar-refractivity contribution in [2.45, 2.75) is 6.54 Å². The summed E-state index contributed by atoms with van der Waals surface area (Å²) in [6.45, 7) is 0.282. The molecule has 1 aromatic heterocycles. The van der Waals surface area contributed by atoms with Crippen LogP contribution in [0.1, 0.15) is 16.1 Å². The lowest BCUT2D eigenvalue weighted by molar-refractivity contribution is 0.0946. The number of aromatic nitrogens is 2. The zero-order valence-corrected chi connectivity index (χ0v) is 14.8. The highest BCUT2D eigenvalue weighted by Crippen LogP contribution is 2.38. The van der Waals surface area contributed by atoms with Gasteiger partial charge in [-0.25, -0.2) is 4.98 Å². The van der Waals surface area contributed by atoms with Crippen molar-refractivity contribution in [1.82, 2.24) is 15.3 Å². The fourth-order valence-corrected chi connectivity index (χ4v) is 2.58. The van der Waals surface area contributed by atoms with Gasteiger partial charge in [-0.2, -0.15) is 0 Å². The molecule has 1 heterocycles. The topological polar surface area (TPSA) is 82.6 Å². The number of carbonyl (C=O) groups is 1. The van der Waals surface area contributed by atoms with E-state index >= 15 is 0 Å². The van der Waals surface area contributed by atoms with Crippen LogP contribution in [0.3, 0.4) is 0 Å². The van der Waals surface area contributed by atoms with Crippen molar-refractivity contribution in [3.63, 3.8) is 0 Å². The van der Waals surface area contributed by atoms with E-state index in [1.165, 1.54) is 6.20 Å². The highest BCUT2D eigenvalue weighted by atomic mass is 16.5. The quantitative estimate of drug-likeness (QED) is 0.733. The maximum Gasteiger partial charge on any atom is 0.271 e. The normalized spacial score (nSPS) is 10.4. The Hall–Kier alpha value is -3.35. The molecular formula is C19H19N3O4. The van der Waals surface area contributed by atoms with Gasteiger partial charge in [0.15, 0.2) is 11.5 Å². The van der Waals surface area contributed by atoms with Crippen LogP contribution in [-0.4, -0.2) is 37.2 Å². The van der Waals surface area contributed by atoms with Gasteiger partial charge in [0.2, 0.25) is 5.75 Å². The summed E-state index contributed by atoms with van der Waals surface area (Å²) in [4.78, 5) is 21.0. The minimum Gasteiger partial charge on any atom is -0.493 e. The van der Waals surface area contributed by atoms with Gasteiger partial charge in [-0.3, -0.25) is 9.78 Å². The molecule has 0 atom stereocenters. The standard InChI is InChI=1S/C19H19N3O4/c1-24-16-8-12(9-17(25-2)18(16)26-3)10-21-19(23)15-11-20-13-6-4-5-7-14(13)22-15/h4-9,11H,10H2,1-3H3,(H,21,23). The van der Waals surface area contributed by atoms with E-state index in [-0.39, 0.29) is 18.1 Å². The number of carbonyl (C=O) groups excluding carboxylic acids is 1. The molecule has 0 aliphatic rings. The number of para-hydroxylation sites is 2. The molecule has 7 nitrogen and oxygen atoms in total. The highest BCUT2D eigenvalue weighted by Gasteiger charge is 2.14. The lowest BCUT2D eigenvalue weighted by atomic mass is 10.1. The van der Waals surface area contributed by atoms with Crippen LogP contribution >= 0.6 is 0 Å². The second-order valence-corrected chi connectivity index (χ2v) is 5.46. The van der Waals surface area contributed by atoms with Gasteiger partial charge < -0.3 is 19.5 Å². The minimum atomic E-state index is -0.308. The molecule has 26 heavy (non-hydrogen) atoms. The molecule has 1 N–H and O–H groups in total. The first-order chi connectivity index (χ1) is 12.7. The van der Waals surface area contributed by atoms with E-state index in [0.29, 0.717) is 22.8 Å². The molecule has 0 spiro atoms. The van der Waals surface area contributed by atoms with Gasteiger partial charge in [0, 0.05) is 6.54 Å². The second-order valence-electron chi connectivity index (χ2n) is 5.46. The Morgan fingerprint density at radius 1 is 1.00 bits per heavy atom. The molecule has 3 rings (SSSR count). The molecule has 7 heteroatoms. The molecule has 0 saturated heterocycles. The molecule has 0 bridgehead atoms. The van der Waals surface area contributed by atoms with E-state index in [9.17, 15) is 4.79 Å². The fraction of sp³-hybridized carbons (Fsp3) is 0.211. The third-order valence-corrected chi connectivity index (χ3v) is 3.86. The van der Waals surface area contributed by atoms with Gasteiger partial charge in [-0.05, 0) is 29.8 Å². The number of ether oxygens (including phenoxy) is 3. The third-order valence-electron chi connectivity index (χ3n) is 3.86. The lowest BCUT2D eigenvalue weighted by Gasteiger charge is -2.14. The second kappa shape index (κ2) is 7.69. The highest BCUT2D eigenvalue weighted by molar-refractivity contribution is 5.93. The summed E-state index contributed by atoms with van der Waals surface area (Å²) in [5.41, 5.74) is 2.49. The molecule has 134 valence electrons. The average Bonchev–Trinajstić information content (AvgIpc) is 2.70. The van der Waals surface area contributed by atoms with Crippen molar-refractivity contribution in [1.29, 1.82) is 0 Å². The van der Waals surface area contributed by atoms with Crippen molar-refractivity contribution in [3.8, 4) is 17.2 Å². The van der Waals surface area contributed by atoms with Gasteiger partial charge in [0.05, 0.1) is 38.6 Å². The first-order valence-corrected chi connectivity index (χ1v) is 7.95. The summed E-state index contributed by atoms with van der Waals surface area (Å²) >= 11 is 0. The van der Waals surface area contributed by atoms with E-state index in [4.69, 9.17) is 14.2 Å². The van der Waals surface area contributed by atoms with Crippen LogP contribution in [-0.2, 0) is 6.54 Å². The first kappa shape index (κ1) is 17.5. The molecule has 0 aliphatic heterocycles. The van der Waals surface area contributed by atoms with E-state index in [1.807, 2.05) is 24.3 Å². The van der Waals surface area contributed by atoms with Crippen LogP contribution in [0.2, 0.25) is 0 Å². The van der Waals surface area contributed by atoms with E-state index in [0.717, 1.165) is 11.1 Å². The molecule has 0 aliphatic carbocycles. The predicted molar refractivity (Wildman–Crippen MR) is 96.8 cm³/mol. The number of methoxy groups -OCH3 is 3. The number of nitrogens with zero attached hydrogens (tertiary/aromatic N) is 2. The number of amides is 1. The van der Waals surface area contributed by atoms with Crippen LogP contribution in [0.25, 0.3) is 11.0 Å². The van der Waals surface area contributed by atoms with E-state index in [2.05, 4.69) is 15.3 Å².